The Morgan fingerprint density at radius 1 is 1.11 bits per heavy atom. The number of ether oxygens (including phenoxy) is 2. The largest absolute Gasteiger partial charge is 0.497 e. The van der Waals surface area contributed by atoms with Gasteiger partial charge in [-0.2, -0.15) is 0 Å². The zero-order valence-electron chi connectivity index (χ0n) is 16.8. The van der Waals surface area contributed by atoms with Gasteiger partial charge >= 0.3 is 0 Å². The highest BCUT2D eigenvalue weighted by Gasteiger charge is 2.41. The van der Waals surface area contributed by atoms with Crippen LogP contribution in [0.4, 0.5) is 5.69 Å². The van der Waals surface area contributed by atoms with E-state index in [1.165, 1.54) is 12.8 Å². The minimum atomic E-state index is -0.303. The van der Waals surface area contributed by atoms with Gasteiger partial charge in [0.1, 0.15) is 11.5 Å². The number of hydrogen-bond donors (Lipinski definition) is 1. The van der Waals surface area contributed by atoms with Crippen LogP contribution in [0.2, 0.25) is 0 Å². The molecule has 28 heavy (non-hydrogen) atoms. The first-order chi connectivity index (χ1) is 13.5. The van der Waals surface area contributed by atoms with Crippen molar-refractivity contribution in [3.8, 4) is 11.5 Å². The van der Waals surface area contributed by atoms with E-state index in [0.29, 0.717) is 35.8 Å². The highest BCUT2D eigenvalue weighted by atomic mass is 16.5. The molecule has 3 saturated heterocycles. The van der Waals surface area contributed by atoms with Gasteiger partial charge < -0.3 is 24.6 Å². The van der Waals surface area contributed by atoms with Gasteiger partial charge in [-0.15, -0.1) is 0 Å². The van der Waals surface area contributed by atoms with Crippen LogP contribution in [0.25, 0.3) is 0 Å². The number of methoxy groups -OCH3 is 2. The number of nitrogens with zero attached hydrogens (tertiary/aromatic N) is 2. The standard InChI is InChI=1S/C21H29N3O4/c1-23(16-7-14-4-5-15(8-16)22-14)21(26)13-6-20(25)24(12-13)17-9-18(27-2)11-19(10-17)28-3/h9-11,13-16,22H,4-8,12H2,1-3H3. The van der Waals surface area contributed by atoms with Gasteiger partial charge in [-0.25, -0.2) is 0 Å². The van der Waals surface area contributed by atoms with Crippen LogP contribution in [0.3, 0.4) is 0 Å². The van der Waals surface area contributed by atoms with Crippen molar-refractivity contribution in [1.82, 2.24) is 10.2 Å². The maximum Gasteiger partial charge on any atom is 0.228 e. The van der Waals surface area contributed by atoms with Crippen molar-refractivity contribution in [2.24, 2.45) is 5.92 Å². The molecule has 0 radical (unpaired) electrons. The molecule has 0 saturated carbocycles. The molecule has 7 heteroatoms. The highest BCUT2D eigenvalue weighted by molar-refractivity contribution is 6.00. The lowest BCUT2D eigenvalue weighted by atomic mass is 9.97. The molecule has 3 aliphatic heterocycles. The molecule has 1 N–H and O–H groups in total. The predicted molar refractivity (Wildman–Crippen MR) is 106 cm³/mol. The second-order valence-electron chi connectivity index (χ2n) is 8.19. The van der Waals surface area contributed by atoms with Crippen molar-refractivity contribution in [3.63, 3.8) is 0 Å². The van der Waals surface area contributed by atoms with Gasteiger partial charge in [0, 0.05) is 56.3 Å². The molecule has 0 aromatic heterocycles. The summed E-state index contributed by atoms with van der Waals surface area (Å²) >= 11 is 0. The normalized spacial score (nSPS) is 29.1. The van der Waals surface area contributed by atoms with Gasteiger partial charge in [0.15, 0.2) is 0 Å². The average Bonchev–Trinajstić information content (AvgIpc) is 3.27. The Kier molecular flexibility index (Phi) is 5.19. The second-order valence-corrected chi connectivity index (χ2v) is 8.19. The number of fused-ring (bicyclic) bond motifs is 2. The first kappa shape index (κ1) is 19.1. The SMILES string of the molecule is COc1cc(OC)cc(N2CC(C(=O)N(C)C3CC4CCC(C3)N4)CC2=O)c1. The third-order valence-corrected chi connectivity index (χ3v) is 6.47. The fourth-order valence-electron chi connectivity index (χ4n) is 4.88. The Bertz CT molecular complexity index is 734. The van der Waals surface area contributed by atoms with E-state index < -0.39 is 0 Å². The maximum absolute atomic E-state index is 13.1. The lowest BCUT2D eigenvalue weighted by Crippen LogP contribution is -2.50. The van der Waals surface area contributed by atoms with Crippen molar-refractivity contribution in [3.05, 3.63) is 18.2 Å². The summed E-state index contributed by atoms with van der Waals surface area (Å²) in [5.74, 6) is 0.991. The Hall–Kier alpha value is -2.28. The van der Waals surface area contributed by atoms with Crippen LogP contribution in [0.5, 0.6) is 11.5 Å². The van der Waals surface area contributed by atoms with Crippen molar-refractivity contribution < 1.29 is 19.1 Å². The molecule has 2 amide bonds. The van der Waals surface area contributed by atoms with Crippen molar-refractivity contribution >= 4 is 17.5 Å². The number of amides is 2. The number of benzene rings is 1. The van der Waals surface area contributed by atoms with Gasteiger partial charge in [0.25, 0.3) is 0 Å². The summed E-state index contributed by atoms with van der Waals surface area (Å²) in [6, 6.07) is 6.72. The zero-order valence-corrected chi connectivity index (χ0v) is 16.8. The topological polar surface area (TPSA) is 71.1 Å². The summed E-state index contributed by atoms with van der Waals surface area (Å²) in [7, 11) is 5.06. The molecule has 3 unspecified atom stereocenters. The molecular formula is C21H29N3O4. The first-order valence-electron chi connectivity index (χ1n) is 10.0. The summed E-state index contributed by atoms with van der Waals surface area (Å²) in [5.41, 5.74) is 0.707. The van der Waals surface area contributed by atoms with Gasteiger partial charge in [-0.3, -0.25) is 9.59 Å². The Morgan fingerprint density at radius 3 is 2.29 bits per heavy atom. The van der Waals surface area contributed by atoms with Crippen molar-refractivity contribution in [2.75, 3.05) is 32.7 Å². The molecular weight excluding hydrogens is 358 g/mol. The zero-order chi connectivity index (χ0) is 19.8. The molecule has 3 heterocycles. The van der Waals surface area contributed by atoms with Gasteiger partial charge in [0.2, 0.25) is 11.8 Å². The summed E-state index contributed by atoms with van der Waals surface area (Å²) < 4.78 is 10.6. The summed E-state index contributed by atoms with van der Waals surface area (Å²) in [6.07, 6.45) is 4.68. The predicted octanol–water partition coefficient (Wildman–Crippen LogP) is 1.80. The molecule has 3 fully saturated rings. The molecule has 3 aliphatic rings. The first-order valence-corrected chi connectivity index (χ1v) is 10.0. The molecule has 7 nitrogen and oxygen atoms in total. The Morgan fingerprint density at radius 2 is 1.71 bits per heavy atom. The Balaban J connectivity index is 1.46. The second kappa shape index (κ2) is 7.62. The number of carbonyl (C=O) groups is 2. The van der Waals surface area contributed by atoms with Crippen LogP contribution >= 0.6 is 0 Å². The number of carbonyl (C=O) groups excluding carboxylic acids is 2. The van der Waals surface area contributed by atoms with E-state index in [2.05, 4.69) is 5.32 Å². The third kappa shape index (κ3) is 3.55. The number of anilines is 1. The smallest absolute Gasteiger partial charge is 0.228 e. The average molecular weight is 387 g/mol. The van der Waals surface area contributed by atoms with Crippen LogP contribution in [0.1, 0.15) is 32.1 Å². The number of piperidine rings is 1. The molecule has 2 bridgehead atoms. The van der Waals surface area contributed by atoms with E-state index in [1.54, 1.807) is 25.2 Å². The van der Waals surface area contributed by atoms with Gasteiger partial charge in [-0.05, 0) is 25.7 Å². The molecule has 1 aromatic carbocycles. The third-order valence-electron chi connectivity index (χ3n) is 6.47. The summed E-state index contributed by atoms with van der Waals surface area (Å²) in [4.78, 5) is 29.4. The van der Waals surface area contributed by atoms with Crippen molar-refractivity contribution in [2.45, 2.75) is 50.2 Å². The molecule has 0 aliphatic carbocycles. The highest BCUT2D eigenvalue weighted by Crippen LogP contribution is 2.34. The van der Waals surface area contributed by atoms with E-state index in [-0.39, 0.29) is 30.2 Å². The lowest BCUT2D eigenvalue weighted by Gasteiger charge is -2.36. The minimum absolute atomic E-state index is 0.0348. The van der Waals surface area contributed by atoms with Crippen LogP contribution in [0.15, 0.2) is 18.2 Å². The summed E-state index contributed by atoms with van der Waals surface area (Å²) in [5, 5.41) is 3.62. The Labute approximate surface area is 166 Å². The van der Waals surface area contributed by atoms with E-state index in [9.17, 15) is 9.59 Å². The number of rotatable bonds is 5. The fraction of sp³-hybridized carbons (Fsp3) is 0.619. The van der Waals surface area contributed by atoms with E-state index in [1.807, 2.05) is 24.1 Å². The molecule has 4 rings (SSSR count). The fourth-order valence-corrected chi connectivity index (χ4v) is 4.88. The van der Waals surface area contributed by atoms with E-state index in [4.69, 9.17) is 9.47 Å². The lowest BCUT2D eigenvalue weighted by molar-refractivity contribution is -0.137. The molecule has 3 atom stereocenters. The van der Waals surface area contributed by atoms with E-state index in [0.717, 1.165) is 12.8 Å². The quantitative estimate of drug-likeness (QED) is 0.834. The van der Waals surface area contributed by atoms with Gasteiger partial charge in [-0.1, -0.05) is 0 Å². The van der Waals surface area contributed by atoms with Crippen molar-refractivity contribution in [1.29, 1.82) is 0 Å². The monoisotopic (exact) mass is 387 g/mol. The number of hydrogen-bond acceptors (Lipinski definition) is 5. The van der Waals surface area contributed by atoms with Gasteiger partial charge in [0.05, 0.1) is 25.8 Å². The van der Waals surface area contributed by atoms with Crippen LogP contribution in [-0.4, -0.2) is 62.7 Å². The van der Waals surface area contributed by atoms with Crippen LogP contribution < -0.4 is 19.7 Å². The molecule has 0 spiro atoms. The van der Waals surface area contributed by atoms with Crippen LogP contribution in [0, 0.1) is 5.92 Å². The summed E-state index contributed by atoms with van der Waals surface area (Å²) in [6.45, 7) is 0.399. The molecule has 1 aromatic rings. The van der Waals surface area contributed by atoms with Crippen LogP contribution in [-0.2, 0) is 9.59 Å². The molecule has 152 valence electrons. The van der Waals surface area contributed by atoms with E-state index >= 15 is 0 Å². The number of nitrogens with one attached hydrogen (secondary N) is 1. The maximum atomic E-state index is 13.1. The minimum Gasteiger partial charge on any atom is -0.497 e.